The van der Waals surface area contributed by atoms with Crippen molar-refractivity contribution in [1.82, 2.24) is 5.32 Å². The van der Waals surface area contributed by atoms with Crippen LogP contribution >= 0.6 is 0 Å². The predicted molar refractivity (Wildman–Crippen MR) is 83.7 cm³/mol. The highest BCUT2D eigenvalue weighted by atomic mass is 19.4. The Labute approximate surface area is 136 Å². The molecular weight excluding hydrogens is 319 g/mol. The van der Waals surface area contributed by atoms with Crippen molar-refractivity contribution in [3.05, 3.63) is 71.5 Å². The van der Waals surface area contributed by atoms with Crippen molar-refractivity contribution < 1.29 is 22.4 Å². The minimum atomic E-state index is -4.34. The molecule has 0 radical (unpaired) electrons. The number of hydrogen-bond donors (Lipinski definition) is 1. The molecule has 0 spiro atoms. The highest BCUT2D eigenvalue weighted by Gasteiger charge is 2.29. The summed E-state index contributed by atoms with van der Waals surface area (Å²) in [5.74, 6) is -0.137. The SMILES string of the molecule is O=C(NCCc1ccc(C(F)(F)F)cc1)c1cc2ccccc2o1. The molecule has 24 heavy (non-hydrogen) atoms. The van der Waals surface area contributed by atoms with Crippen LogP contribution in [0.4, 0.5) is 13.2 Å². The van der Waals surface area contributed by atoms with Crippen LogP contribution in [0, 0.1) is 0 Å². The number of benzene rings is 2. The zero-order valence-corrected chi connectivity index (χ0v) is 12.6. The summed E-state index contributed by atoms with van der Waals surface area (Å²) < 4.78 is 42.9. The molecule has 0 atom stereocenters. The lowest BCUT2D eigenvalue weighted by molar-refractivity contribution is -0.137. The molecule has 2 aromatic carbocycles. The van der Waals surface area contributed by atoms with Gasteiger partial charge in [0.15, 0.2) is 5.76 Å². The zero-order chi connectivity index (χ0) is 17.2. The van der Waals surface area contributed by atoms with Gasteiger partial charge in [0, 0.05) is 11.9 Å². The van der Waals surface area contributed by atoms with Crippen LogP contribution in [0.5, 0.6) is 0 Å². The Balaban J connectivity index is 1.57. The first-order chi connectivity index (χ1) is 11.4. The number of alkyl halides is 3. The van der Waals surface area contributed by atoms with E-state index in [1.165, 1.54) is 12.1 Å². The second-order valence-corrected chi connectivity index (χ2v) is 5.35. The van der Waals surface area contributed by atoms with Crippen LogP contribution in [0.1, 0.15) is 21.7 Å². The maximum atomic E-state index is 12.5. The number of rotatable bonds is 4. The van der Waals surface area contributed by atoms with E-state index in [-0.39, 0.29) is 11.7 Å². The molecule has 1 aromatic heterocycles. The van der Waals surface area contributed by atoms with Gasteiger partial charge in [0.05, 0.1) is 5.56 Å². The third-order valence-corrected chi connectivity index (χ3v) is 3.63. The molecule has 124 valence electrons. The molecule has 3 rings (SSSR count). The van der Waals surface area contributed by atoms with E-state index >= 15 is 0 Å². The van der Waals surface area contributed by atoms with Crippen molar-refractivity contribution in [3.8, 4) is 0 Å². The molecule has 6 heteroatoms. The van der Waals surface area contributed by atoms with E-state index in [0.29, 0.717) is 24.1 Å². The van der Waals surface area contributed by atoms with Crippen LogP contribution in [-0.2, 0) is 12.6 Å². The molecule has 0 aliphatic heterocycles. The zero-order valence-electron chi connectivity index (χ0n) is 12.6. The van der Waals surface area contributed by atoms with E-state index in [2.05, 4.69) is 5.32 Å². The Morgan fingerprint density at radius 1 is 1.04 bits per heavy atom. The third-order valence-electron chi connectivity index (χ3n) is 3.63. The molecule has 0 unspecified atom stereocenters. The normalized spacial score (nSPS) is 11.6. The molecule has 0 fully saturated rings. The first-order valence-electron chi connectivity index (χ1n) is 7.36. The van der Waals surface area contributed by atoms with Crippen molar-refractivity contribution in [2.75, 3.05) is 6.54 Å². The number of carbonyl (C=O) groups excluding carboxylic acids is 1. The maximum Gasteiger partial charge on any atom is 0.416 e. The Hall–Kier alpha value is -2.76. The Kier molecular flexibility index (Phi) is 4.29. The molecular formula is C18H14F3NO2. The van der Waals surface area contributed by atoms with Gasteiger partial charge in [-0.1, -0.05) is 30.3 Å². The van der Waals surface area contributed by atoms with E-state index in [9.17, 15) is 18.0 Å². The Morgan fingerprint density at radius 2 is 1.75 bits per heavy atom. The summed E-state index contributed by atoms with van der Waals surface area (Å²) >= 11 is 0. The maximum absolute atomic E-state index is 12.5. The number of furan rings is 1. The Bertz CT molecular complexity index is 818. The van der Waals surface area contributed by atoms with Crippen molar-refractivity contribution in [2.45, 2.75) is 12.6 Å². The lowest BCUT2D eigenvalue weighted by Gasteiger charge is -2.08. The summed E-state index contributed by atoms with van der Waals surface area (Å²) in [5.41, 5.74) is 0.663. The van der Waals surface area contributed by atoms with Gasteiger partial charge in [-0.3, -0.25) is 4.79 Å². The number of hydrogen-bond acceptors (Lipinski definition) is 2. The minimum absolute atomic E-state index is 0.212. The van der Waals surface area contributed by atoms with Crippen molar-refractivity contribution in [2.24, 2.45) is 0 Å². The van der Waals surface area contributed by atoms with Crippen LogP contribution in [-0.4, -0.2) is 12.5 Å². The molecule has 0 aliphatic carbocycles. The van der Waals surface area contributed by atoms with Gasteiger partial charge in [0.25, 0.3) is 5.91 Å². The molecule has 3 aromatic rings. The van der Waals surface area contributed by atoms with Crippen LogP contribution < -0.4 is 5.32 Å². The number of halogens is 3. The Morgan fingerprint density at radius 3 is 2.42 bits per heavy atom. The van der Waals surface area contributed by atoms with Gasteiger partial charge in [-0.2, -0.15) is 13.2 Å². The molecule has 1 amide bonds. The smallest absolute Gasteiger partial charge is 0.416 e. The largest absolute Gasteiger partial charge is 0.451 e. The van der Waals surface area contributed by atoms with E-state index in [4.69, 9.17) is 4.42 Å². The number of para-hydroxylation sites is 1. The topological polar surface area (TPSA) is 42.2 Å². The fourth-order valence-corrected chi connectivity index (χ4v) is 2.36. The van der Waals surface area contributed by atoms with Crippen molar-refractivity contribution in [3.63, 3.8) is 0 Å². The predicted octanol–water partition coefficient (Wildman–Crippen LogP) is 4.42. The quantitative estimate of drug-likeness (QED) is 0.768. The van der Waals surface area contributed by atoms with Crippen LogP contribution in [0.2, 0.25) is 0 Å². The number of nitrogens with one attached hydrogen (secondary N) is 1. The first kappa shape index (κ1) is 16.1. The highest BCUT2D eigenvalue weighted by Crippen LogP contribution is 2.29. The fourth-order valence-electron chi connectivity index (χ4n) is 2.36. The van der Waals surface area contributed by atoms with Crippen molar-refractivity contribution in [1.29, 1.82) is 0 Å². The summed E-state index contributed by atoms with van der Waals surface area (Å²) in [5, 5.41) is 3.54. The van der Waals surface area contributed by atoms with Gasteiger partial charge in [-0.05, 0) is 36.2 Å². The van der Waals surface area contributed by atoms with Gasteiger partial charge < -0.3 is 9.73 Å². The van der Waals surface area contributed by atoms with E-state index in [1.54, 1.807) is 12.1 Å². The fraction of sp³-hybridized carbons (Fsp3) is 0.167. The van der Waals surface area contributed by atoms with Crippen LogP contribution in [0.3, 0.4) is 0 Å². The minimum Gasteiger partial charge on any atom is -0.451 e. The molecule has 3 nitrogen and oxygen atoms in total. The molecule has 1 heterocycles. The monoisotopic (exact) mass is 333 g/mol. The summed E-state index contributed by atoms with van der Waals surface area (Å²) in [4.78, 5) is 12.0. The molecule has 0 aliphatic rings. The van der Waals surface area contributed by atoms with Gasteiger partial charge >= 0.3 is 6.18 Å². The summed E-state index contributed by atoms with van der Waals surface area (Å²) in [6, 6.07) is 13.8. The molecule has 1 N–H and O–H groups in total. The molecule has 0 saturated heterocycles. The third kappa shape index (κ3) is 3.59. The van der Waals surface area contributed by atoms with E-state index in [0.717, 1.165) is 17.5 Å². The van der Waals surface area contributed by atoms with Gasteiger partial charge in [0.2, 0.25) is 0 Å². The number of amides is 1. The molecule has 0 saturated carbocycles. The average molecular weight is 333 g/mol. The number of fused-ring (bicyclic) bond motifs is 1. The second-order valence-electron chi connectivity index (χ2n) is 5.35. The first-order valence-corrected chi connectivity index (χ1v) is 7.36. The number of carbonyl (C=O) groups is 1. The molecule has 0 bridgehead atoms. The summed E-state index contributed by atoms with van der Waals surface area (Å²) in [7, 11) is 0. The summed E-state index contributed by atoms with van der Waals surface area (Å²) in [6.07, 6.45) is -3.90. The van der Waals surface area contributed by atoms with E-state index in [1.807, 2.05) is 18.2 Å². The summed E-state index contributed by atoms with van der Waals surface area (Å²) in [6.45, 7) is 0.307. The van der Waals surface area contributed by atoms with Crippen LogP contribution in [0.25, 0.3) is 11.0 Å². The highest BCUT2D eigenvalue weighted by molar-refractivity contribution is 5.96. The van der Waals surface area contributed by atoms with E-state index < -0.39 is 11.7 Å². The lowest BCUT2D eigenvalue weighted by Crippen LogP contribution is -2.25. The second kappa shape index (κ2) is 6.39. The standard InChI is InChI=1S/C18H14F3NO2/c19-18(20,21)14-7-5-12(6-8-14)9-10-22-17(23)16-11-13-3-1-2-4-15(13)24-16/h1-8,11H,9-10H2,(H,22,23). The van der Waals surface area contributed by atoms with Crippen molar-refractivity contribution >= 4 is 16.9 Å². The lowest BCUT2D eigenvalue weighted by atomic mass is 10.1. The van der Waals surface area contributed by atoms with Gasteiger partial charge in [-0.25, -0.2) is 0 Å². The average Bonchev–Trinajstić information content (AvgIpc) is 2.98. The van der Waals surface area contributed by atoms with Gasteiger partial charge in [0.1, 0.15) is 5.58 Å². The van der Waals surface area contributed by atoms with Crippen LogP contribution in [0.15, 0.2) is 59.0 Å². The van der Waals surface area contributed by atoms with Gasteiger partial charge in [-0.15, -0.1) is 0 Å².